The lowest BCUT2D eigenvalue weighted by Gasteiger charge is -2.44. The molecule has 2 atom stereocenters. The van der Waals surface area contributed by atoms with Crippen molar-refractivity contribution in [1.82, 2.24) is 0 Å². The van der Waals surface area contributed by atoms with Gasteiger partial charge >= 0.3 is 6.18 Å². The smallest absolute Gasteiger partial charge is 0.328 e. The summed E-state index contributed by atoms with van der Waals surface area (Å²) in [5.41, 5.74) is 14.1. The van der Waals surface area contributed by atoms with Crippen LogP contribution < -0.4 is 11.5 Å². The minimum atomic E-state index is -4.32. The van der Waals surface area contributed by atoms with Crippen molar-refractivity contribution in [3.63, 3.8) is 0 Å². The van der Waals surface area contributed by atoms with E-state index < -0.39 is 11.7 Å². The molecule has 2 nitrogen and oxygen atoms in total. The first-order valence-corrected chi connectivity index (χ1v) is 8.58. The van der Waals surface area contributed by atoms with Gasteiger partial charge in [-0.1, -0.05) is 36.4 Å². The van der Waals surface area contributed by atoms with Gasteiger partial charge < -0.3 is 11.5 Å². The Morgan fingerprint density at radius 2 is 1.64 bits per heavy atom. The molecule has 2 aromatic carbocycles. The summed E-state index contributed by atoms with van der Waals surface area (Å²) in [4.78, 5) is 0. The maximum absolute atomic E-state index is 12.9. The standard InChI is InChI=1S/C20H21F3N2/c21-20(22,23)15-3-1-2-14(8-15)12-4-6-13(7-5-12)17-9-18(17)19(25)10-16(24)11-19/h1-8,16-18H,9-11,24-25H2/t16?,17-,18+,19?/m0/s1. The van der Waals surface area contributed by atoms with Gasteiger partial charge in [0.2, 0.25) is 0 Å². The van der Waals surface area contributed by atoms with Crippen molar-refractivity contribution in [2.45, 2.75) is 42.9 Å². The molecule has 0 unspecified atom stereocenters. The fraction of sp³-hybridized carbons (Fsp3) is 0.400. The Hall–Kier alpha value is -1.85. The molecule has 4 rings (SSSR count). The molecule has 2 aliphatic carbocycles. The number of rotatable bonds is 3. The first-order chi connectivity index (χ1) is 11.8. The minimum absolute atomic E-state index is 0.121. The fourth-order valence-electron chi connectivity index (χ4n) is 4.22. The van der Waals surface area contributed by atoms with Crippen LogP contribution in [0.15, 0.2) is 48.5 Å². The van der Waals surface area contributed by atoms with Crippen LogP contribution in [-0.2, 0) is 6.18 Å². The van der Waals surface area contributed by atoms with Crippen LogP contribution >= 0.6 is 0 Å². The first kappa shape index (κ1) is 16.6. The summed E-state index contributed by atoms with van der Waals surface area (Å²) in [6.07, 6.45) is -1.48. The maximum Gasteiger partial charge on any atom is 0.416 e. The van der Waals surface area contributed by atoms with Crippen LogP contribution in [0.4, 0.5) is 13.2 Å². The number of hydrogen-bond donors (Lipinski definition) is 2. The summed E-state index contributed by atoms with van der Waals surface area (Å²) in [6.45, 7) is 0. The number of benzene rings is 2. The Bertz CT molecular complexity index is 776. The van der Waals surface area contributed by atoms with Gasteiger partial charge in [0.25, 0.3) is 0 Å². The van der Waals surface area contributed by atoms with E-state index >= 15 is 0 Å². The lowest BCUT2D eigenvalue weighted by atomic mass is 9.69. The highest BCUT2D eigenvalue weighted by Crippen LogP contribution is 2.57. The lowest BCUT2D eigenvalue weighted by molar-refractivity contribution is -0.137. The average molecular weight is 346 g/mol. The summed E-state index contributed by atoms with van der Waals surface area (Å²) >= 11 is 0. The predicted molar refractivity (Wildman–Crippen MR) is 91.9 cm³/mol. The normalized spacial score (nSPS) is 31.5. The molecule has 2 aromatic rings. The summed E-state index contributed by atoms with van der Waals surface area (Å²) in [5.74, 6) is 0.930. The molecular formula is C20H21F3N2. The van der Waals surface area contributed by atoms with Crippen molar-refractivity contribution in [1.29, 1.82) is 0 Å². The Balaban J connectivity index is 1.50. The SMILES string of the molecule is NC1CC(N)([C@@H]2C[C@H]2c2ccc(-c3cccc(C(F)(F)F)c3)cc2)C1. The Morgan fingerprint density at radius 3 is 2.24 bits per heavy atom. The van der Waals surface area contributed by atoms with Crippen molar-refractivity contribution in [3.8, 4) is 11.1 Å². The van der Waals surface area contributed by atoms with Gasteiger partial charge in [-0.25, -0.2) is 0 Å². The van der Waals surface area contributed by atoms with E-state index in [1.165, 1.54) is 17.7 Å². The zero-order valence-corrected chi connectivity index (χ0v) is 13.8. The molecule has 132 valence electrons. The van der Waals surface area contributed by atoms with E-state index in [4.69, 9.17) is 11.5 Å². The van der Waals surface area contributed by atoms with Crippen LogP contribution in [0.2, 0.25) is 0 Å². The van der Waals surface area contributed by atoms with Gasteiger partial charge in [0.15, 0.2) is 0 Å². The molecule has 0 bridgehead atoms. The highest BCUT2D eigenvalue weighted by Gasteiger charge is 2.56. The molecule has 0 radical (unpaired) electrons. The molecular weight excluding hydrogens is 325 g/mol. The predicted octanol–water partition coefficient (Wildman–Crippen LogP) is 4.29. The van der Waals surface area contributed by atoms with Crippen LogP contribution in [0.5, 0.6) is 0 Å². The van der Waals surface area contributed by atoms with Crippen molar-refractivity contribution < 1.29 is 13.2 Å². The Morgan fingerprint density at radius 1 is 0.960 bits per heavy atom. The van der Waals surface area contributed by atoms with Gasteiger partial charge in [0.05, 0.1) is 5.56 Å². The van der Waals surface area contributed by atoms with Crippen molar-refractivity contribution >= 4 is 0 Å². The third-order valence-corrected chi connectivity index (χ3v) is 5.68. The molecule has 0 amide bonds. The first-order valence-electron chi connectivity index (χ1n) is 8.58. The second-order valence-electron chi connectivity index (χ2n) is 7.55. The third kappa shape index (κ3) is 3.07. The van der Waals surface area contributed by atoms with E-state index in [9.17, 15) is 13.2 Å². The second kappa shape index (κ2) is 5.58. The monoisotopic (exact) mass is 346 g/mol. The quantitative estimate of drug-likeness (QED) is 0.871. The minimum Gasteiger partial charge on any atom is -0.328 e. The van der Waals surface area contributed by atoms with E-state index in [0.29, 0.717) is 17.4 Å². The molecule has 2 saturated carbocycles. The van der Waals surface area contributed by atoms with Gasteiger partial charge in [-0.3, -0.25) is 0 Å². The van der Waals surface area contributed by atoms with Gasteiger partial charge in [-0.2, -0.15) is 13.2 Å². The molecule has 0 heterocycles. The molecule has 0 aliphatic heterocycles. The van der Waals surface area contributed by atoms with Gasteiger partial charge in [0.1, 0.15) is 0 Å². The second-order valence-corrected chi connectivity index (χ2v) is 7.55. The van der Waals surface area contributed by atoms with Gasteiger partial charge in [0, 0.05) is 11.6 Å². The van der Waals surface area contributed by atoms with Crippen LogP contribution in [0.3, 0.4) is 0 Å². The maximum atomic E-state index is 12.9. The summed E-state index contributed by atoms with van der Waals surface area (Å²) in [6, 6.07) is 13.5. The lowest BCUT2D eigenvalue weighted by Crippen LogP contribution is -2.59. The Kier molecular flexibility index (Phi) is 3.71. The molecule has 4 N–H and O–H groups in total. The summed E-state index contributed by atoms with van der Waals surface area (Å²) < 4.78 is 38.6. The molecule has 2 aliphatic rings. The van der Waals surface area contributed by atoms with Crippen molar-refractivity contribution in [2.75, 3.05) is 0 Å². The molecule has 0 aromatic heterocycles. The van der Waals surface area contributed by atoms with E-state index in [-0.39, 0.29) is 11.6 Å². The zero-order chi connectivity index (χ0) is 17.8. The average Bonchev–Trinajstić information content (AvgIpc) is 3.34. The zero-order valence-electron chi connectivity index (χ0n) is 13.8. The Labute approximate surface area is 145 Å². The molecule has 2 fully saturated rings. The van der Waals surface area contributed by atoms with Crippen molar-refractivity contribution in [3.05, 3.63) is 59.7 Å². The molecule has 0 spiro atoms. The van der Waals surface area contributed by atoms with Crippen LogP contribution in [0.25, 0.3) is 11.1 Å². The summed E-state index contributed by atoms with van der Waals surface area (Å²) in [5, 5.41) is 0. The highest BCUT2D eigenvalue weighted by atomic mass is 19.4. The van der Waals surface area contributed by atoms with Crippen LogP contribution in [0.1, 0.15) is 36.3 Å². The van der Waals surface area contributed by atoms with Crippen molar-refractivity contribution in [2.24, 2.45) is 17.4 Å². The topological polar surface area (TPSA) is 52.0 Å². The largest absolute Gasteiger partial charge is 0.416 e. The van der Waals surface area contributed by atoms with Crippen LogP contribution in [0, 0.1) is 5.92 Å². The third-order valence-electron chi connectivity index (χ3n) is 5.68. The molecule has 25 heavy (non-hydrogen) atoms. The number of halogens is 3. The van der Waals surface area contributed by atoms with Gasteiger partial charge in [-0.05, 0) is 59.9 Å². The highest BCUT2D eigenvalue weighted by molar-refractivity contribution is 5.65. The summed E-state index contributed by atoms with van der Waals surface area (Å²) in [7, 11) is 0. The number of nitrogens with two attached hydrogens (primary N) is 2. The number of alkyl halides is 3. The number of hydrogen-bond acceptors (Lipinski definition) is 2. The van der Waals surface area contributed by atoms with E-state index in [1.807, 2.05) is 24.3 Å². The van der Waals surface area contributed by atoms with E-state index in [1.54, 1.807) is 6.07 Å². The van der Waals surface area contributed by atoms with E-state index in [0.717, 1.165) is 30.9 Å². The molecule has 5 heteroatoms. The molecule has 0 saturated heterocycles. The van der Waals surface area contributed by atoms with Crippen LogP contribution in [-0.4, -0.2) is 11.6 Å². The van der Waals surface area contributed by atoms with E-state index in [2.05, 4.69) is 0 Å². The fourth-order valence-corrected chi connectivity index (χ4v) is 4.22. The van der Waals surface area contributed by atoms with Gasteiger partial charge in [-0.15, -0.1) is 0 Å².